The zero-order chi connectivity index (χ0) is 13.3. The number of unbranched alkanes of at least 4 members (excludes halogenated alkanes) is 5. The monoisotopic (exact) mass is 242 g/mol. The summed E-state index contributed by atoms with van der Waals surface area (Å²) in [6, 6.07) is 0. The number of hydrogen-bond acceptors (Lipinski definition) is 1. The summed E-state index contributed by atoms with van der Waals surface area (Å²) in [6.07, 6.45) is 9.70. The summed E-state index contributed by atoms with van der Waals surface area (Å²) in [5.74, 6) is -0.346. The summed E-state index contributed by atoms with van der Waals surface area (Å²) in [5.41, 5.74) is -0.571. The van der Waals surface area contributed by atoms with Crippen molar-refractivity contribution in [2.75, 3.05) is 0 Å². The highest BCUT2D eigenvalue weighted by Crippen LogP contribution is 2.33. The van der Waals surface area contributed by atoms with E-state index in [-0.39, 0.29) is 0 Å². The Labute approximate surface area is 107 Å². The Balaban J connectivity index is 3.87. The van der Waals surface area contributed by atoms with E-state index in [1.54, 1.807) is 0 Å². The predicted molar refractivity (Wildman–Crippen MR) is 73.2 cm³/mol. The summed E-state index contributed by atoms with van der Waals surface area (Å²) in [5, 5.41) is 9.22. The molecule has 1 N–H and O–H groups in total. The highest BCUT2D eigenvalue weighted by atomic mass is 16.4. The lowest BCUT2D eigenvalue weighted by Crippen LogP contribution is -2.32. The van der Waals surface area contributed by atoms with Gasteiger partial charge in [0.2, 0.25) is 0 Å². The topological polar surface area (TPSA) is 37.3 Å². The maximum absolute atomic E-state index is 11.2. The molecule has 0 aromatic heterocycles. The minimum absolute atomic E-state index is 0.311. The van der Waals surface area contributed by atoms with E-state index >= 15 is 0 Å². The molecule has 0 saturated carbocycles. The fraction of sp³-hybridized carbons (Fsp3) is 0.933. The number of carboxylic acids is 1. The highest BCUT2D eigenvalue weighted by Gasteiger charge is 2.34. The van der Waals surface area contributed by atoms with Crippen LogP contribution in [0.25, 0.3) is 0 Å². The van der Waals surface area contributed by atoms with Crippen LogP contribution < -0.4 is 0 Å². The van der Waals surface area contributed by atoms with Crippen molar-refractivity contribution in [3.8, 4) is 0 Å². The second kappa shape index (κ2) is 8.54. The number of hydrogen-bond donors (Lipinski definition) is 1. The maximum atomic E-state index is 11.2. The minimum Gasteiger partial charge on any atom is -0.481 e. The van der Waals surface area contributed by atoms with Gasteiger partial charge in [0.25, 0.3) is 0 Å². The van der Waals surface area contributed by atoms with Crippen LogP contribution in [-0.2, 0) is 4.79 Å². The van der Waals surface area contributed by atoms with Gasteiger partial charge in [0.1, 0.15) is 0 Å². The quantitative estimate of drug-likeness (QED) is 0.555. The molecule has 0 rings (SSSR count). The van der Waals surface area contributed by atoms with Crippen LogP contribution >= 0.6 is 0 Å². The predicted octanol–water partition coefficient (Wildman–Crippen LogP) is 4.87. The fourth-order valence-electron chi connectivity index (χ4n) is 2.42. The summed E-state index contributed by atoms with van der Waals surface area (Å²) in [6.45, 7) is 8.05. The molecular formula is C15H30O2. The van der Waals surface area contributed by atoms with E-state index in [2.05, 4.69) is 13.8 Å². The van der Waals surface area contributed by atoms with Crippen LogP contribution in [-0.4, -0.2) is 11.1 Å². The Morgan fingerprint density at radius 3 is 2.06 bits per heavy atom. The largest absolute Gasteiger partial charge is 0.481 e. The van der Waals surface area contributed by atoms with Gasteiger partial charge in [0.05, 0.1) is 5.41 Å². The molecule has 2 nitrogen and oxygen atoms in total. The lowest BCUT2D eigenvalue weighted by Gasteiger charge is -2.29. The summed E-state index contributed by atoms with van der Waals surface area (Å²) in [4.78, 5) is 11.2. The maximum Gasteiger partial charge on any atom is 0.309 e. The van der Waals surface area contributed by atoms with Crippen LogP contribution in [0.3, 0.4) is 0 Å². The molecule has 1 atom stereocenters. The first-order valence-corrected chi connectivity index (χ1v) is 7.20. The molecule has 0 aliphatic rings. The van der Waals surface area contributed by atoms with Gasteiger partial charge in [-0.1, -0.05) is 58.8 Å². The normalized spacial score (nSPS) is 13.6. The van der Waals surface area contributed by atoms with E-state index in [0.29, 0.717) is 5.92 Å². The molecule has 2 heteroatoms. The molecule has 0 radical (unpaired) electrons. The van der Waals surface area contributed by atoms with Gasteiger partial charge in [0.15, 0.2) is 0 Å². The van der Waals surface area contributed by atoms with E-state index in [1.807, 2.05) is 13.8 Å². The smallest absolute Gasteiger partial charge is 0.309 e. The average molecular weight is 242 g/mol. The van der Waals surface area contributed by atoms with Crippen molar-refractivity contribution in [3.05, 3.63) is 0 Å². The second-order valence-corrected chi connectivity index (χ2v) is 5.69. The third-order valence-corrected chi connectivity index (χ3v) is 3.97. The van der Waals surface area contributed by atoms with Gasteiger partial charge in [-0.3, -0.25) is 4.79 Å². The third-order valence-electron chi connectivity index (χ3n) is 3.97. The van der Waals surface area contributed by atoms with Gasteiger partial charge < -0.3 is 5.11 Å². The van der Waals surface area contributed by atoms with Crippen LogP contribution in [0.15, 0.2) is 0 Å². The molecule has 0 aromatic carbocycles. The first-order valence-electron chi connectivity index (χ1n) is 7.20. The molecule has 0 heterocycles. The minimum atomic E-state index is -0.657. The van der Waals surface area contributed by atoms with E-state index in [0.717, 1.165) is 12.8 Å². The van der Waals surface area contributed by atoms with Crippen molar-refractivity contribution >= 4 is 5.97 Å². The zero-order valence-corrected chi connectivity index (χ0v) is 12.1. The van der Waals surface area contributed by atoms with E-state index in [9.17, 15) is 9.90 Å². The lowest BCUT2D eigenvalue weighted by molar-refractivity contribution is -0.150. The van der Waals surface area contributed by atoms with E-state index in [1.165, 1.54) is 38.5 Å². The van der Waals surface area contributed by atoms with Crippen LogP contribution in [0.4, 0.5) is 0 Å². The van der Waals surface area contributed by atoms with Crippen LogP contribution in [0, 0.1) is 11.3 Å². The van der Waals surface area contributed by atoms with Gasteiger partial charge >= 0.3 is 5.97 Å². The molecule has 17 heavy (non-hydrogen) atoms. The van der Waals surface area contributed by atoms with E-state index < -0.39 is 11.4 Å². The van der Waals surface area contributed by atoms with Crippen LogP contribution in [0.5, 0.6) is 0 Å². The number of rotatable bonds is 10. The number of carboxylic acid groups (broad SMARTS) is 1. The van der Waals surface area contributed by atoms with Gasteiger partial charge in [-0.25, -0.2) is 0 Å². The molecule has 0 aliphatic heterocycles. The number of aliphatic carboxylic acids is 1. The SMILES string of the molecule is CCCCCCCCC(CC)C(C)(C)C(=O)O. The Kier molecular flexibility index (Phi) is 8.28. The van der Waals surface area contributed by atoms with Crippen molar-refractivity contribution < 1.29 is 9.90 Å². The van der Waals surface area contributed by atoms with E-state index in [4.69, 9.17) is 0 Å². The van der Waals surface area contributed by atoms with Crippen molar-refractivity contribution in [2.24, 2.45) is 11.3 Å². The van der Waals surface area contributed by atoms with Crippen molar-refractivity contribution in [1.82, 2.24) is 0 Å². The van der Waals surface area contributed by atoms with Gasteiger partial charge in [0, 0.05) is 0 Å². The summed E-state index contributed by atoms with van der Waals surface area (Å²) < 4.78 is 0. The Bertz CT molecular complexity index is 209. The molecule has 0 bridgehead atoms. The Morgan fingerprint density at radius 2 is 1.59 bits per heavy atom. The van der Waals surface area contributed by atoms with Gasteiger partial charge in [-0.05, 0) is 26.2 Å². The average Bonchev–Trinajstić information content (AvgIpc) is 2.27. The first kappa shape index (κ1) is 16.5. The summed E-state index contributed by atoms with van der Waals surface area (Å²) >= 11 is 0. The molecule has 0 aromatic rings. The molecule has 102 valence electrons. The Morgan fingerprint density at radius 1 is 1.06 bits per heavy atom. The molecular weight excluding hydrogens is 212 g/mol. The molecule has 0 spiro atoms. The molecule has 0 fully saturated rings. The second-order valence-electron chi connectivity index (χ2n) is 5.69. The van der Waals surface area contributed by atoms with Gasteiger partial charge in [-0.15, -0.1) is 0 Å². The van der Waals surface area contributed by atoms with Crippen LogP contribution in [0.1, 0.15) is 79.1 Å². The van der Waals surface area contributed by atoms with Crippen molar-refractivity contribution in [1.29, 1.82) is 0 Å². The highest BCUT2D eigenvalue weighted by molar-refractivity contribution is 5.73. The zero-order valence-electron chi connectivity index (χ0n) is 12.1. The molecule has 0 aliphatic carbocycles. The molecule has 1 unspecified atom stereocenters. The van der Waals surface area contributed by atoms with Crippen LogP contribution in [0.2, 0.25) is 0 Å². The molecule has 0 amide bonds. The van der Waals surface area contributed by atoms with Crippen molar-refractivity contribution in [2.45, 2.75) is 79.1 Å². The first-order chi connectivity index (χ1) is 7.96. The van der Waals surface area contributed by atoms with Crippen molar-refractivity contribution in [3.63, 3.8) is 0 Å². The Hall–Kier alpha value is -0.530. The standard InChI is InChI=1S/C15H30O2/c1-5-7-8-9-10-11-12-13(6-2)15(3,4)14(16)17/h13H,5-12H2,1-4H3,(H,16,17). The van der Waals surface area contributed by atoms with Gasteiger partial charge in [-0.2, -0.15) is 0 Å². The molecule has 0 saturated heterocycles. The fourth-order valence-corrected chi connectivity index (χ4v) is 2.42. The summed E-state index contributed by atoms with van der Waals surface area (Å²) in [7, 11) is 0. The third kappa shape index (κ3) is 6.09. The number of carbonyl (C=O) groups is 1. The lowest BCUT2D eigenvalue weighted by atomic mass is 9.74.